The number of nitrogens with zero attached hydrogens (tertiary/aromatic N) is 1. The highest BCUT2D eigenvalue weighted by Gasteiger charge is 2.53. The molecule has 5 nitrogen and oxygen atoms in total. The second-order valence-electron chi connectivity index (χ2n) is 7.74. The minimum atomic E-state index is -0.805. The maximum Gasteiger partial charge on any atom is 0.410 e. The smallest absolute Gasteiger partial charge is 0.410 e. The Hall–Kier alpha value is -1.26. The molecule has 0 aromatic rings. The average molecular weight is 293 g/mol. The summed E-state index contributed by atoms with van der Waals surface area (Å²) in [6.45, 7) is 0.822. The first-order chi connectivity index (χ1) is 10.0. The van der Waals surface area contributed by atoms with Crippen molar-refractivity contribution in [3.8, 4) is 0 Å². The van der Waals surface area contributed by atoms with Gasteiger partial charge in [0.1, 0.15) is 5.60 Å². The van der Waals surface area contributed by atoms with Crippen LogP contribution in [-0.2, 0) is 9.53 Å². The van der Waals surface area contributed by atoms with Crippen molar-refractivity contribution in [1.82, 2.24) is 4.90 Å². The molecule has 1 unspecified atom stereocenters. The van der Waals surface area contributed by atoms with Gasteiger partial charge in [0.15, 0.2) is 0 Å². The molecular formula is C16H23NO4. The van der Waals surface area contributed by atoms with Crippen LogP contribution in [-0.4, -0.2) is 40.8 Å². The van der Waals surface area contributed by atoms with Crippen molar-refractivity contribution in [2.24, 2.45) is 23.7 Å². The molecule has 5 aliphatic rings. The third-order valence-corrected chi connectivity index (χ3v) is 6.08. The standard InChI is InChI=1S/C16H23NO4/c18-14(19)13-1-2-17(9-13)15(20)21-16-6-10-3-11(7-16)5-12(4-10)8-16/h10-13H,1-9H2,(H,18,19). The third kappa shape index (κ3) is 2.30. The Morgan fingerprint density at radius 1 is 1.05 bits per heavy atom. The fraction of sp³-hybridized carbons (Fsp3) is 0.875. The summed E-state index contributed by atoms with van der Waals surface area (Å²) in [5.74, 6) is 1.01. The van der Waals surface area contributed by atoms with Crippen LogP contribution < -0.4 is 0 Å². The average Bonchev–Trinajstić information content (AvgIpc) is 2.85. The number of hydrogen-bond acceptors (Lipinski definition) is 3. The van der Waals surface area contributed by atoms with Gasteiger partial charge < -0.3 is 14.7 Å². The van der Waals surface area contributed by atoms with Crippen LogP contribution in [0, 0.1) is 23.7 Å². The van der Waals surface area contributed by atoms with Gasteiger partial charge in [-0.05, 0) is 62.7 Å². The molecule has 21 heavy (non-hydrogen) atoms. The molecule has 5 rings (SSSR count). The Bertz CT molecular complexity index is 440. The molecule has 0 aromatic heterocycles. The van der Waals surface area contributed by atoms with Crippen molar-refractivity contribution in [2.45, 2.75) is 50.5 Å². The quantitative estimate of drug-likeness (QED) is 0.849. The molecule has 1 saturated heterocycles. The van der Waals surface area contributed by atoms with E-state index in [2.05, 4.69) is 0 Å². The number of rotatable bonds is 2. The summed E-state index contributed by atoms with van der Waals surface area (Å²) >= 11 is 0. The zero-order valence-corrected chi connectivity index (χ0v) is 12.3. The fourth-order valence-electron chi connectivity index (χ4n) is 5.53. The number of carboxylic acid groups (broad SMARTS) is 1. The SMILES string of the molecule is O=C(O)C1CCN(C(=O)OC23CC4CC(CC(C4)C2)C3)C1. The molecule has 1 atom stereocenters. The van der Waals surface area contributed by atoms with Crippen LogP contribution in [0.3, 0.4) is 0 Å². The van der Waals surface area contributed by atoms with Gasteiger partial charge in [-0.1, -0.05) is 0 Å². The lowest BCUT2D eigenvalue weighted by atomic mass is 9.54. The molecule has 1 heterocycles. The van der Waals surface area contributed by atoms with Gasteiger partial charge in [0.25, 0.3) is 0 Å². The lowest BCUT2D eigenvalue weighted by molar-refractivity contribution is -0.141. The molecule has 116 valence electrons. The van der Waals surface area contributed by atoms with Crippen LogP contribution in [0.25, 0.3) is 0 Å². The maximum atomic E-state index is 12.4. The van der Waals surface area contributed by atoms with E-state index in [4.69, 9.17) is 9.84 Å². The number of amides is 1. The second kappa shape index (κ2) is 4.62. The first-order valence-electron chi connectivity index (χ1n) is 8.24. The van der Waals surface area contributed by atoms with Gasteiger partial charge in [-0.25, -0.2) is 4.79 Å². The zero-order valence-electron chi connectivity index (χ0n) is 12.3. The van der Waals surface area contributed by atoms with Crippen LogP contribution in [0.5, 0.6) is 0 Å². The summed E-state index contributed by atoms with van der Waals surface area (Å²) < 4.78 is 5.96. The third-order valence-electron chi connectivity index (χ3n) is 6.08. The van der Waals surface area contributed by atoms with Crippen molar-refractivity contribution in [2.75, 3.05) is 13.1 Å². The predicted molar refractivity (Wildman–Crippen MR) is 74.7 cm³/mol. The number of carboxylic acids is 1. The number of carbonyl (C=O) groups excluding carboxylic acids is 1. The lowest BCUT2D eigenvalue weighted by Crippen LogP contribution is -2.54. The Morgan fingerprint density at radius 3 is 2.10 bits per heavy atom. The topological polar surface area (TPSA) is 66.8 Å². The van der Waals surface area contributed by atoms with E-state index in [9.17, 15) is 9.59 Å². The zero-order chi connectivity index (χ0) is 14.6. The fourth-order valence-corrected chi connectivity index (χ4v) is 5.53. The normalized spacial score (nSPS) is 44.1. The Labute approximate surface area is 124 Å². The summed E-state index contributed by atoms with van der Waals surface area (Å²) in [4.78, 5) is 25.0. The molecule has 1 aliphatic heterocycles. The number of likely N-dealkylation sites (tertiary alicyclic amines) is 1. The molecule has 5 heteroatoms. The van der Waals surface area contributed by atoms with Crippen LogP contribution in [0.4, 0.5) is 4.79 Å². The van der Waals surface area contributed by atoms with E-state index in [0.29, 0.717) is 19.5 Å². The largest absolute Gasteiger partial charge is 0.481 e. The van der Waals surface area contributed by atoms with Crippen LogP contribution in [0.1, 0.15) is 44.9 Å². The second-order valence-corrected chi connectivity index (χ2v) is 7.74. The van der Waals surface area contributed by atoms with Gasteiger partial charge in [0, 0.05) is 13.1 Å². The molecule has 0 spiro atoms. The highest BCUT2D eigenvalue weighted by molar-refractivity contribution is 5.74. The van der Waals surface area contributed by atoms with Crippen molar-refractivity contribution < 1.29 is 19.4 Å². The molecule has 1 amide bonds. The minimum absolute atomic E-state index is 0.229. The first-order valence-corrected chi connectivity index (χ1v) is 8.24. The Kier molecular flexibility index (Phi) is 2.95. The number of hydrogen-bond donors (Lipinski definition) is 1. The van der Waals surface area contributed by atoms with E-state index in [-0.39, 0.29) is 11.7 Å². The Balaban J connectivity index is 1.42. The monoisotopic (exact) mass is 293 g/mol. The summed E-state index contributed by atoms with van der Waals surface area (Å²) in [5.41, 5.74) is -0.229. The Morgan fingerprint density at radius 2 is 1.62 bits per heavy atom. The molecule has 0 radical (unpaired) electrons. The van der Waals surface area contributed by atoms with Crippen molar-refractivity contribution in [3.05, 3.63) is 0 Å². The molecule has 1 N–H and O–H groups in total. The highest BCUT2D eigenvalue weighted by Crippen LogP contribution is 2.57. The molecule has 5 fully saturated rings. The van der Waals surface area contributed by atoms with Crippen LogP contribution >= 0.6 is 0 Å². The molecule has 4 aliphatic carbocycles. The van der Waals surface area contributed by atoms with Crippen LogP contribution in [0.2, 0.25) is 0 Å². The molecule has 4 bridgehead atoms. The molecular weight excluding hydrogens is 270 g/mol. The van der Waals surface area contributed by atoms with Gasteiger partial charge in [-0.2, -0.15) is 0 Å². The minimum Gasteiger partial charge on any atom is -0.481 e. The lowest BCUT2D eigenvalue weighted by Gasteiger charge is -2.55. The van der Waals surface area contributed by atoms with Crippen LogP contribution in [0.15, 0.2) is 0 Å². The number of aliphatic carboxylic acids is 1. The van der Waals surface area contributed by atoms with E-state index >= 15 is 0 Å². The predicted octanol–water partition coefficient (Wildman–Crippen LogP) is 2.50. The first kappa shape index (κ1) is 13.4. The van der Waals surface area contributed by atoms with E-state index in [0.717, 1.165) is 37.0 Å². The van der Waals surface area contributed by atoms with Gasteiger partial charge in [0.2, 0.25) is 0 Å². The van der Waals surface area contributed by atoms with E-state index in [1.807, 2.05) is 0 Å². The van der Waals surface area contributed by atoms with Gasteiger partial charge in [0.05, 0.1) is 5.92 Å². The number of ether oxygens (including phenoxy) is 1. The maximum absolute atomic E-state index is 12.4. The van der Waals surface area contributed by atoms with Crippen molar-refractivity contribution >= 4 is 12.1 Å². The summed E-state index contributed by atoms with van der Waals surface area (Å²) in [6.07, 6.45) is 7.32. The molecule has 4 saturated carbocycles. The number of carbonyl (C=O) groups is 2. The van der Waals surface area contributed by atoms with E-state index < -0.39 is 11.9 Å². The van der Waals surface area contributed by atoms with Gasteiger partial charge in [-0.3, -0.25) is 4.79 Å². The van der Waals surface area contributed by atoms with E-state index in [1.165, 1.54) is 19.3 Å². The summed E-state index contributed by atoms with van der Waals surface area (Å²) in [5, 5.41) is 9.04. The van der Waals surface area contributed by atoms with Gasteiger partial charge in [-0.15, -0.1) is 0 Å². The summed E-state index contributed by atoms with van der Waals surface area (Å²) in [7, 11) is 0. The van der Waals surface area contributed by atoms with Gasteiger partial charge >= 0.3 is 12.1 Å². The van der Waals surface area contributed by atoms with Crippen molar-refractivity contribution in [3.63, 3.8) is 0 Å². The molecule has 0 aromatic carbocycles. The van der Waals surface area contributed by atoms with E-state index in [1.54, 1.807) is 4.90 Å². The van der Waals surface area contributed by atoms with Crippen molar-refractivity contribution in [1.29, 1.82) is 0 Å². The summed E-state index contributed by atoms with van der Waals surface area (Å²) in [6, 6.07) is 0. The highest BCUT2D eigenvalue weighted by atomic mass is 16.6.